The second kappa shape index (κ2) is 10.4. The Hall–Kier alpha value is -0.0800. The van der Waals surface area contributed by atoms with E-state index in [0.29, 0.717) is 0 Å². The van der Waals surface area contributed by atoms with Gasteiger partial charge < -0.3 is 10.2 Å². The van der Waals surface area contributed by atoms with E-state index in [9.17, 15) is 0 Å². The lowest BCUT2D eigenvalue weighted by Crippen LogP contribution is -2.21. The number of aliphatic hydroxyl groups is 2. The van der Waals surface area contributed by atoms with E-state index >= 15 is 0 Å². The van der Waals surface area contributed by atoms with Crippen LogP contribution in [0.25, 0.3) is 0 Å². The topological polar surface area (TPSA) is 40.5 Å². The maximum absolute atomic E-state index is 8.92. The van der Waals surface area contributed by atoms with Crippen molar-refractivity contribution in [2.24, 2.45) is 0 Å². The molecular weight excluding hydrogens is 188 g/mol. The van der Waals surface area contributed by atoms with Gasteiger partial charge in [-0.15, -0.1) is 0 Å². The maximum atomic E-state index is 8.92. The van der Waals surface area contributed by atoms with Crippen LogP contribution in [-0.4, -0.2) is 22.4 Å². The van der Waals surface area contributed by atoms with Gasteiger partial charge in [0, 0.05) is 0 Å². The standard InChI is InChI=1S/C7H16.C6H12O2/c1-3-5-7-6-4-2;7-5-1-2-6(8)4-3-5/h3-7H2,1-2H3;5-8H,1-4H2. The van der Waals surface area contributed by atoms with Crippen molar-refractivity contribution in [1.29, 1.82) is 0 Å². The van der Waals surface area contributed by atoms with E-state index in [-0.39, 0.29) is 12.2 Å². The van der Waals surface area contributed by atoms with Gasteiger partial charge in [0.15, 0.2) is 0 Å². The molecule has 0 aliphatic heterocycles. The van der Waals surface area contributed by atoms with E-state index in [0.717, 1.165) is 25.7 Å². The van der Waals surface area contributed by atoms with E-state index < -0.39 is 0 Å². The van der Waals surface area contributed by atoms with E-state index in [1.165, 1.54) is 32.1 Å². The second-order valence-electron chi connectivity index (χ2n) is 4.52. The molecule has 1 aliphatic rings. The Balaban J connectivity index is 0.000000265. The second-order valence-corrected chi connectivity index (χ2v) is 4.52. The Morgan fingerprint density at radius 2 is 1.07 bits per heavy atom. The molecular formula is C13H28O2. The van der Waals surface area contributed by atoms with Crippen LogP contribution in [0.1, 0.15) is 71.6 Å². The van der Waals surface area contributed by atoms with Crippen molar-refractivity contribution in [3.63, 3.8) is 0 Å². The highest BCUT2D eigenvalue weighted by molar-refractivity contribution is 4.69. The van der Waals surface area contributed by atoms with Gasteiger partial charge >= 0.3 is 0 Å². The van der Waals surface area contributed by atoms with Crippen molar-refractivity contribution in [3.05, 3.63) is 0 Å². The molecule has 15 heavy (non-hydrogen) atoms. The van der Waals surface area contributed by atoms with Gasteiger partial charge in [0.1, 0.15) is 0 Å². The van der Waals surface area contributed by atoms with Gasteiger partial charge in [-0.3, -0.25) is 0 Å². The molecule has 0 unspecified atom stereocenters. The smallest absolute Gasteiger partial charge is 0.0542 e. The van der Waals surface area contributed by atoms with Gasteiger partial charge in [-0.05, 0) is 25.7 Å². The van der Waals surface area contributed by atoms with Crippen LogP contribution in [0.2, 0.25) is 0 Å². The van der Waals surface area contributed by atoms with Crippen molar-refractivity contribution >= 4 is 0 Å². The molecule has 1 saturated carbocycles. The summed E-state index contributed by atoms with van der Waals surface area (Å²) in [5, 5.41) is 17.8. The van der Waals surface area contributed by atoms with Gasteiger partial charge in [-0.2, -0.15) is 0 Å². The molecule has 1 aliphatic carbocycles. The summed E-state index contributed by atoms with van der Waals surface area (Å²) in [5.74, 6) is 0. The average Bonchev–Trinajstić information content (AvgIpc) is 2.24. The van der Waals surface area contributed by atoms with Crippen molar-refractivity contribution in [1.82, 2.24) is 0 Å². The Kier molecular flexibility index (Phi) is 10.4. The minimum atomic E-state index is -0.140. The third kappa shape index (κ3) is 10.2. The van der Waals surface area contributed by atoms with Gasteiger partial charge in [0.05, 0.1) is 12.2 Å². The first-order valence-electron chi connectivity index (χ1n) is 6.56. The van der Waals surface area contributed by atoms with Crippen molar-refractivity contribution in [2.75, 3.05) is 0 Å². The van der Waals surface area contributed by atoms with Crippen molar-refractivity contribution in [3.8, 4) is 0 Å². The largest absolute Gasteiger partial charge is 0.393 e. The van der Waals surface area contributed by atoms with E-state index in [2.05, 4.69) is 13.8 Å². The Morgan fingerprint density at radius 3 is 1.33 bits per heavy atom. The van der Waals surface area contributed by atoms with Crippen LogP contribution >= 0.6 is 0 Å². The molecule has 2 N–H and O–H groups in total. The van der Waals surface area contributed by atoms with Gasteiger partial charge in [-0.25, -0.2) is 0 Å². The Morgan fingerprint density at radius 1 is 0.733 bits per heavy atom. The van der Waals surface area contributed by atoms with Crippen LogP contribution in [0.15, 0.2) is 0 Å². The highest BCUT2D eigenvalue weighted by Crippen LogP contribution is 2.17. The predicted octanol–water partition coefficient (Wildman–Crippen LogP) is 3.26. The van der Waals surface area contributed by atoms with Crippen LogP contribution in [-0.2, 0) is 0 Å². The fraction of sp³-hybridized carbons (Fsp3) is 1.00. The summed E-state index contributed by atoms with van der Waals surface area (Å²) < 4.78 is 0. The molecule has 0 aromatic rings. The van der Waals surface area contributed by atoms with Crippen LogP contribution < -0.4 is 0 Å². The summed E-state index contributed by atoms with van der Waals surface area (Å²) in [7, 11) is 0. The summed E-state index contributed by atoms with van der Waals surface area (Å²) in [6.07, 6.45) is 9.84. The third-order valence-electron chi connectivity index (χ3n) is 2.87. The maximum Gasteiger partial charge on any atom is 0.0542 e. The van der Waals surface area contributed by atoms with Gasteiger partial charge in [0.25, 0.3) is 0 Å². The minimum absolute atomic E-state index is 0.140. The van der Waals surface area contributed by atoms with Crippen LogP contribution in [0.3, 0.4) is 0 Å². The Bertz CT molecular complexity index is 104. The molecule has 0 aromatic heterocycles. The first-order valence-corrected chi connectivity index (χ1v) is 6.56. The van der Waals surface area contributed by atoms with E-state index in [1.54, 1.807) is 0 Å². The summed E-state index contributed by atoms with van der Waals surface area (Å²) >= 11 is 0. The normalized spacial score (nSPS) is 25.6. The molecule has 0 atom stereocenters. The summed E-state index contributed by atoms with van der Waals surface area (Å²) in [6, 6.07) is 0. The molecule has 0 saturated heterocycles. The molecule has 1 rings (SSSR count). The number of hydrogen-bond acceptors (Lipinski definition) is 2. The lowest BCUT2D eigenvalue weighted by Gasteiger charge is -2.20. The lowest BCUT2D eigenvalue weighted by atomic mass is 9.95. The molecule has 0 aromatic carbocycles. The number of unbranched alkanes of at least 4 members (excludes halogenated alkanes) is 4. The quantitative estimate of drug-likeness (QED) is 0.708. The third-order valence-corrected chi connectivity index (χ3v) is 2.87. The molecule has 0 bridgehead atoms. The monoisotopic (exact) mass is 216 g/mol. The first-order chi connectivity index (χ1) is 7.20. The average molecular weight is 216 g/mol. The SMILES string of the molecule is CCCCCCC.OC1CCC(O)CC1. The highest BCUT2D eigenvalue weighted by atomic mass is 16.3. The zero-order valence-corrected chi connectivity index (χ0v) is 10.4. The molecule has 0 heterocycles. The molecule has 2 heteroatoms. The van der Waals surface area contributed by atoms with Gasteiger partial charge in [-0.1, -0.05) is 46.0 Å². The molecule has 0 spiro atoms. The van der Waals surface area contributed by atoms with E-state index in [1.807, 2.05) is 0 Å². The zero-order valence-electron chi connectivity index (χ0n) is 10.4. The number of rotatable bonds is 4. The first kappa shape index (κ1) is 14.9. The van der Waals surface area contributed by atoms with Crippen LogP contribution in [0.5, 0.6) is 0 Å². The molecule has 0 radical (unpaired) electrons. The lowest BCUT2D eigenvalue weighted by molar-refractivity contribution is 0.0541. The Labute approximate surface area is 94.7 Å². The molecule has 1 fully saturated rings. The summed E-state index contributed by atoms with van der Waals surface area (Å²) in [6.45, 7) is 4.49. The molecule has 2 nitrogen and oxygen atoms in total. The molecule has 0 amide bonds. The van der Waals surface area contributed by atoms with Crippen molar-refractivity contribution in [2.45, 2.75) is 83.8 Å². The summed E-state index contributed by atoms with van der Waals surface area (Å²) in [5.41, 5.74) is 0. The number of aliphatic hydroxyl groups excluding tert-OH is 2. The fourth-order valence-corrected chi connectivity index (χ4v) is 1.73. The predicted molar refractivity (Wildman–Crippen MR) is 64.9 cm³/mol. The highest BCUT2D eigenvalue weighted by Gasteiger charge is 2.15. The van der Waals surface area contributed by atoms with Crippen molar-refractivity contribution < 1.29 is 10.2 Å². The van der Waals surface area contributed by atoms with Crippen LogP contribution in [0, 0.1) is 0 Å². The zero-order chi connectivity index (χ0) is 11.5. The van der Waals surface area contributed by atoms with Crippen LogP contribution in [0.4, 0.5) is 0 Å². The minimum Gasteiger partial charge on any atom is -0.393 e. The summed E-state index contributed by atoms with van der Waals surface area (Å²) in [4.78, 5) is 0. The molecule has 92 valence electrons. The van der Waals surface area contributed by atoms with Gasteiger partial charge in [0.2, 0.25) is 0 Å². The number of hydrogen-bond donors (Lipinski definition) is 2. The fourth-order valence-electron chi connectivity index (χ4n) is 1.73. The van der Waals surface area contributed by atoms with E-state index in [4.69, 9.17) is 10.2 Å².